The maximum atomic E-state index is 11.4. The van der Waals surface area contributed by atoms with E-state index in [0.29, 0.717) is 17.3 Å². The first-order valence-electron chi connectivity index (χ1n) is 5.05. The SMILES string of the molecule is Nc1cc(CC2CCCS(=O)(=O)C2)[nH]n1. The van der Waals surface area contributed by atoms with Crippen LogP contribution in [0.25, 0.3) is 0 Å². The second kappa shape index (κ2) is 3.84. The Morgan fingerprint density at radius 2 is 2.40 bits per heavy atom. The molecular formula is C9H15N3O2S. The quantitative estimate of drug-likeness (QED) is 0.766. The van der Waals surface area contributed by atoms with Gasteiger partial charge in [-0.2, -0.15) is 5.10 Å². The van der Waals surface area contributed by atoms with Crippen LogP contribution in [0.5, 0.6) is 0 Å². The standard InChI is InChI=1S/C9H15N3O2S/c10-9-5-8(11-12-9)4-7-2-1-3-15(13,14)6-7/h5,7H,1-4,6H2,(H3,10,11,12). The molecule has 1 aromatic heterocycles. The molecule has 1 fully saturated rings. The zero-order valence-electron chi connectivity index (χ0n) is 8.44. The van der Waals surface area contributed by atoms with Crippen molar-refractivity contribution in [3.63, 3.8) is 0 Å². The summed E-state index contributed by atoms with van der Waals surface area (Å²) in [6.45, 7) is 0. The van der Waals surface area contributed by atoms with E-state index in [4.69, 9.17) is 5.73 Å². The number of anilines is 1. The van der Waals surface area contributed by atoms with E-state index in [9.17, 15) is 8.42 Å². The average Bonchev–Trinajstić information content (AvgIpc) is 2.49. The van der Waals surface area contributed by atoms with Gasteiger partial charge in [0, 0.05) is 11.8 Å². The van der Waals surface area contributed by atoms with Gasteiger partial charge in [-0.3, -0.25) is 5.10 Å². The number of nitrogens with zero attached hydrogens (tertiary/aromatic N) is 1. The zero-order chi connectivity index (χ0) is 10.9. The van der Waals surface area contributed by atoms with Crippen LogP contribution in [-0.4, -0.2) is 30.1 Å². The molecule has 15 heavy (non-hydrogen) atoms. The van der Waals surface area contributed by atoms with Crippen LogP contribution in [0.15, 0.2) is 6.07 Å². The van der Waals surface area contributed by atoms with E-state index < -0.39 is 9.84 Å². The molecule has 5 nitrogen and oxygen atoms in total. The summed E-state index contributed by atoms with van der Waals surface area (Å²) in [6.07, 6.45) is 2.47. The van der Waals surface area contributed by atoms with Crippen molar-refractivity contribution in [1.29, 1.82) is 0 Å². The van der Waals surface area contributed by atoms with Crippen molar-refractivity contribution in [3.8, 4) is 0 Å². The first-order chi connectivity index (χ1) is 7.05. The number of nitrogens with two attached hydrogens (primary N) is 1. The number of aromatic amines is 1. The highest BCUT2D eigenvalue weighted by atomic mass is 32.2. The molecule has 0 aromatic carbocycles. The predicted octanol–water partition coefficient (Wildman–Crippen LogP) is 0.359. The Labute approximate surface area is 89.0 Å². The fourth-order valence-electron chi connectivity index (χ4n) is 2.07. The molecule has 2 rings (SSSR count). The van der Waals surface area contributed by atoms with Gasteiger partial charge in [0.15, 0.2) is 9.84 Å². The number of nitrogen functional groups attached to an aromatic ring is 1. The number of nitrogens with one attached hydrogen (secondary N) is 1. The van der Waals surface area contributed by atoms with Crippen LogP contribution in [0, 0.1) is 5.92 Å². The first kappa shape index (κ1) is 10.5. The molecule has 0 spiro atoms. The summed E-state index contributed by atoms with van der Waals surface area (Å²) in [4.78, 5) is 0. The third-order valence-electron chi connectivity index (χ3n) is 2.72. The molecule has 0 radical (unpaired) electrons. The van der Waals surface area contributed by atoms with Crippen LogP contribution in [0.2, 0.25) is 0 Å². The van der Waals surface area contributed by atoms with E-state index in [1.54, 1.807) is 6.07 Å². The molecule has 0 bridgehead atoms. The molecule has 2 heterocycles. The summed E-state index contributed by atoms with van der Waals surface area (Å²) < 4.78 is 22.8. The molecule has 1 unspecified atom stereocenters. The lowest BCUT2D eigenvalue weighted by Crippen LogP contribution is -2.26. The summed E-state index contributed by atoms with van der Waals surface area (Å²) in [7, 11) is -2.81. The van der Waals surface area contributed by atoms with Gasteiger partial charge in [0.05, 0.1) is 11.5 Å². The monoisotopic (exact) mass is 229 g/mol. The topological polar surface area (TPSA) is 88.8 Å². The van der Waals surface area contributed by atoms with Crippen molar-refractivity contribution < 1.29 is 8.42 Å². The minimum atomic E-state index is -2.81. The lowest BCUT2D eigenvalue weighted by Gasteiger charge is -2.20. The molecule has 3 N–H and O–H groups in total. The molecule has 84 valence electrons. The Hall–Kier alpha value is -1.04. The number of H-pyrrole nitrogens is 1. The van der Waals surface area contributed by atoms with Gasteiger partial charge in [-0.05, 0) is 25.2 Å². The third kappa shape index (κ3) is 2.71. The molecular weight excluding hydrogens is 214 g/mol. The van der Waals surface area contributed by atoms with E-state index in [2.05, 4.69) is 10.2 Å². The van der Waals surface area contributed by atoms with Gasteiger partial charge < -0.3 is 5.73 Å². The molecule has 1 aliphatic rings. The van der Waals surface area contributed by atoms with Crippen LogP contribution in [0.3, 0.4) is 0 Å². The first-order valence-corrected chi connectivity index (χ1v) is 6.87. The zero-order valence-corrected chi connectivity index (χ0v) is 9.26. The molecule has 6 heteroatoms. The highest BCUT2D eigenvalue weighted by Gasteiger charge is 2.25. The molecule has 0 saturated carbocycles. The Morgan fingerprint density at radius 3 is 3.00 bits per heavy atom. The lowest BCUT2D eigenvalue weighted by atomic mass is 10.00. The summed E-state index contributed by atoms with van der Waals surface area (Å²) in [5.41, 5.74) is 6.40. The second-order valence-electron chi connectivity index (χ2n) is 4.14. The van der Waals surface area contributed by atoms with Crippen LogP contribution in [0.1, 0.15) is 18.5 Å². The molecule has 1 atom stereocenters. The van der Waals surface area contributed by atoms with E-state index in [0.717, 1.165) is 25.0 Å². The highest BCUT2D eigenvalue weighted by Crippen LogP contribution is 2.21. The van der Waals surface area contributed by atoms with Crippen molar-refractivity contribution >= 4 is 15.7 Å². The summed E-state index contributed by atoms with van der Waals surface area (Å²) >= 11 is 0. The minimum absolute atomic E-state index is 0.212. The fourth-order valence-corrected chi connectivity index (χ4v) is 3.85. The van der Waals surface area contributed by atoms with Crippen molar-refractivity contribution in [1.82, 2.24) is 10.2 Å². The fraction of sp³-hybridized carbons (Fsp3) is 0.667. The number of hydrogen-bond acceptors (Lipinski definition) is 4. The molecule has 1 aliphatic heterocycles. The van der Waals surface area contributed by atoms with Crippen molar-refractivity contribution in [2.45, 2.75) is 19.3 Å². The molecule has 1 saturated heterocycles. The average molecular weight is 229 g/mol. The Bertz CT molecular complexity index is 438. The van der Waals surface area contributed by atoms with E-state index in [-0.39, 0.29) is 5.92 Å². The van der Waals surface area contributed by atoms with Crippen molar-refractivity contribution in [2.75, 3.05) is 17.2 Å². The van der Waals surface area contributed by atoms with Crippen molar-refractivity contribution in [3.05, 3.63) is 11.8 Å². The van der Waals surface area contributed by atoms with Crippen LogP contribution in [0.4, 0.5) is 5.82 Å². The lowest BCUT2D eigenvalue weighted by molar-refractivity contribution is 0.479. The summed E-state index contributed by atoms with van der Waals surface area (Å²) in [6, 6.07) is 1.77. The Balaban J connectivity index is 2.01. The van der Waals surface area contributed by atoms with Gasteiger partial charge >= 0.3 is 0 Å². The number of sulfone groups is 1. The maximum absolute atomic E-state index is 11.4. The third-order valence-corrected chi connectivity index (χ3v) is 4.61. The van der Waals surface area contributed by atoms with Crippen LogP contribution < -0.4 is 5.73 Å². The molecule has 1 aromatic rings. The van der Waals surface area contributed by atoms with Gasteiger partial charge in [-0.15, -0.1) is 0 Å². The van der Waals surface area contributed by atoms with E-state index >= 15 is 0 Å². The number of hydrogen-bond donors (Lipinski definition) is 2. The Kier molecular flexibility index (Phi) is 2.68. The van der Waals surface area contributed by atoms with E-state index in [1.807, 2.05) is 0 Å². The molecule has 0 amide bonds. The van der Waals surface area contributed by atoms with Crippen LogP contribution in [-0.2, 0) is 16.3 Å². The van der Waals surface area contributed by atoms with E-state index in [1.165, 1.54) is 0 Å². The van der Waals surface area contributed by atoms with Gasteiger partial charge in [-0.25, -0.2) is 8.42 Å². The Morgan fingerprint density at radius 1 is 1.60 bits per heavy atom. The van der Waals surface area contributed by atoms with Gasteiger partial charge in [0.2, 0.25) is 0 Å². The second-order valence-corrected chi connectivity index (χ2v) is 6.37. The molecule has 0 aliphatic carbocycles. The van der Waals surface area contributed by atoms with Crippen LogP contribution >= 0.6 is 0 Å². The smallest absolute Gasteiger partial charge is 0.150 e. The van der Waals surface area contributed by atoms with Gasteiger partial charge in [0.25, 0.3) is 0 Å². The van der Waals surface area contributed by atoms with Gasteiger partial charge in [-0.1, -0.05) is 0 Å². The van der Waals surface area contributed by atoms with Gasteiger partial charge in [0.1, 0.15) is 5.82 Å². The number of aromatic nitrogens is 2. The maximum Gasteiger partial charge on any atom is 0.150 e. The normalized spacial score (nSPS) is 25.2. The minimum Gasteiger partial charge on any atom is -0.382 e. The summed E-state index contributed by atoms with van der Waals surface area (Å²) in [5.74, 6) is 1.31. The predicted molar refractivity (Wildman–Crippen MR) is 58.1 cm³/mol. The van der Waals surface area contributed by atoms with Crippen molar-refractivity contribution in [2.24, 2.45) is 5.92 Å². The largest absolute Gasteiger partial charge is 0.382 e. The number of rotatable bonds is 2. The highest BCUT2D eigenvalue weighted by molar-refractivity contribution is 7.91. The summed E-state index contributed by atoms with van der Waals surface area (Å²) in [5, 5.41) is 6.63.